The third-order valence-electron chi connectivity index (χ3n) is 6.94. The Morgan fingerprint density at radius 2 is 1.90 bits per heavy atom. The van der Waals surface area contributed by atoms with Crippen molar-refractivity contribution in [1.29, 1.82) is 0 Å². The Hall–Kier alpha value is -2.00. The standard InChI is InChI=1S/C24H30IN3O3/c1-28-13-12-24(16-8-9-20(30-2)21(14-16)31-3)11-10-17(15-22(24)28)26-23(29)27-19-7-5-4-6-18(19)25/h4-9,14,17,22H,10-13,15H2,1-3H3,(H2,26,27,29). The second-order valence-corrected chi connectivity index (χ2v) is 9.68. The lowest BCUT2D eigenvalue weighted by molar-refractivity contribution is 0.156. The van der Waals surface area contributed by atoms with Crippen LogP contribution in [0, 0.1) is 3.57 Å². The number of carbonyl (C=O) groups is 1. The largest absolute Gasteiger partial charge is 0.493 e. The first-order chi connectivity index (χ1) is 15.0. The van der Waals surface area contributed by atoms with Gasteiger partial charge < -0.3 is 25.0 Å². The van der Waals surface area contributed by atoms with Crippen LogP contribution in [0.15, 0.2) is 42.5 Å². The Labute approximate surface area is 197 Å². The monoisotopic (exact) mass is 535 g/mol. The van der Waals surface area contributed by atoms with Gasteiger partial charge in [0.05, 0.1) is 19.9 Å². The average molecular weight is 535 g/mol. The molecule has 2 amide bonds. The summed E-state index contributed by atoms with van der Waals surface area (Å²) in [5.74, 6) is 1.54. The predicted octanol–water partition coefficient (Wildman–Crippen LogP) is 4.62. The number of likely N-dealkylation sites (N-methyl/N-ethyl adjacent to an activating group) is 1. The van der Waals surface area contributed by atoms with Crippen molar-refractivity contribution >= 4 is 34.3 Å². The summed E-state index contributed by atoms with van der Waals surface area (Å²) < 4.78 is 12.0. The molecule has 2 fully saturated rings. The molecule has 0 spiro atoms. The minimum absolute atomic E-state index is 0.0811. The number of benzene rings is 2. The van der Waals surface area contributed by atoms with E-state index >= 15 is 0 Å². The number of anilines is 1. The number of halogens is 1. The number of fused-ring (bicyclic) bond motifs is 1. The number of carbonyl (C=O) groups excluding carboxylic acids is 1. The number of nitrogens with one attached hydrogen (secondary N) is 2. The normalized spacial score (nSPS) is 25.5. The van der Waals surface area contributed by atoms with Gasteiger partial charge in [0.2, 0.25) is 0 Å². The van der Waals surface area contributed by atoms with E-state index in [0.29, 0.717) is 6.04 Å². The van der Waals surface area contributed by atoms with Crippen molar-refractivity contribution in [2.75, 3.05) is 33.1 Å². The fourth-order valence-corrected chi connectivity index (χ4v) is 5.82. The second-order valence-electron chi connectivity index (χ2n) is 8.52. The molecule has 0 bridgehead atoms. The van der Waals surface area contributed by atoms with Crippen molar-refractivity contribution < 1.29 is 14.3 Å². The highest BCUT2D eigenvalue weighted by Gasteiger charge is 2.50. The highest BCUT2D eigenvalue weighted by atomic mass is 127. The third kappa shape index (κ3) is 4.35. The molecule has 1 aliphatic heterocycles. The van der Waals surface area contributed by atoms with Gasteiger partial charge in [-0.15, -0.1) is 0 Å². The fourth-order valence-electron chi connectivity index (χ4n) is 5.30. The molecule has 1 saturated carbocycles. The lowest BCUT2D eigenvalue weighted by Crippen LogP contribution is -2.52. The quantitative estimate of drug-likeness (QED) is 0.549. The highest BCUT2D eigenvalue weighted by molar-refractivity contribution is 14.1. The van der Waals surface area contributed by atoms with Crippen LogP contribution in [0.2, 0.25) is 0 Å². The summed E-state index contributed by atoms with van der Waals surface area (Å²) in [5, 5.41) is 6.21. The van der Waals surface area contributed by atoms with Gasteiger partial charge in [0.25, 0.3) is 0 Å². The number of amides is 2. The number of nitrogens with zero attached hydrogens (tertiary/aromatic N) is 1. The number of urea groups is 1. The molecule has 3 unspecified atom stereocenters. The number of hydrogen-bond acceptors (Lipinski definition) is 4. The Balaban J connectivity index is 1.49. The molecule has 1 aliphatic carbocycles. The maximum absolute atomic E-state index is 12.6. The fraction of sp³-hybridized carbons (Fsp3) is 0.458. The highest BCUT2D eigenvalue weighted by Crippen LogP contribution is 2.49. The first-order valence-corrected chi connectivity index (χ1v) is 11.8. The van der Waals surface area contributed by atoms with Crippen LogP contribution in [0.25, 0.3) is 0 Å². The van der Waals surface area contributed by atoms with Crippen molar-refractivity contribution in [1.82, 2.24) is 10.2 Å². The third-order valence-corrected chi connectivity index (χ3v) is 7.88. The molecule has 31 heavy (non-hydrogen) atoms. The number of hydrogen-bond donors (Lipinski definition) is 2. The van der Waals surface area contributed by atoms with Gasteiger partial charge in [0.15, 0.2) is 11.5 Å². The zero-order chi connectivity index (χ0) is 22.0. The number of likely N-dealkylation sites (tertiary alicyclic amines) is 1. The first kappa shape index (κ1) is 22.2. The van der Waals surface area contributed by atoms with E-state index in [-0.39, 0.29) is 17.5 Å². The summed E-state index contributed by atoms with van der Waals surface area (Å²) in [6.45, 7) is 1.06. The Morgan fingerprint density at radius 1 is 1.13 bits per heavy atom. The van der Waals surface area contributed by atoms with E-state index in [4.69, 9.17) is 9.47 Å². The first-order valence-electron chi connectivity index (χ1n) is 10.7. The van der Waals surface area contributed by atoms with Crippen molar-refractivity contribution in [2.45, 2.75) is 43.2 Å². The summed E-state index contributed by atoms with van der Waals surface area (Å²) in [6.07, 6.45) is 4.04. The van der Waals surface area contributed by atoms with Crippen molar-refractivity contribution in [3.05, 3.63) is 51.6 Å². The van der Waals surface area contributed by atoms with E-state index in [1.807, 2.05) is 30.3 Å². The summed E-state index contributed by atoms with van der Waals surface area (Å²) >= 11 is 2.24. The molecular weight excluding hydrogens is 505 g/mol. The summed E-state index contributed by atoms with van der Waals surface area (Å²) in [5.41, 5.74) is 2.23. The minimum atomic E-state index is -0.131. The Morgan fingerprint density at radius 3 is 2.65 bits per heavy atom. The van der Waals surface area contributed by atoms with E-state index in [2.05, 4.69) is 57.3 Å². The van der Waals surface area contributed by atoms with Crippen LogP contribution in [0.1, 0.15) is 31.2 Å². The molecule has 166 valence electrons. The maximum Gasteiger partial charge on any atom is 0.319 e. The van der Waals surface area contributed by atoms with E-state index in [1.54, 1.807) is 14.2 Å². The van der Waals surface area contributed by atoms with Gasteiger partial charge in [-0.2, -0.15) is 0 Å². The average Bonchev–Trinajstić information content (AvgIpc) is 3.12. The SMILES string of the molecule is COc1ccc(C23CCC(NC(=O)Nc4ccccc4I)CC2N(C)CC3)cc1OC. The predicted molar refractivity (Wildman–Crippen MR) is 131 cm³/mol. The van der Waals surface area contributed by atoms with E-state index < -0.39 is 0 Å². The van der Waals surface area contributed by atoms with E-state index in [1.165, 1.54) is 5.56 Å². The lowest BCUT2D eigenvalue weighted by Gasteiger charge is -2.45. The van der Waals surface area contributed by atoms with Crippen LogP contribution in [-0.4, -0.2) is 50.8 Å². The van der Waals surface area contributed by atoms with Crippen molar-refractivity contribution in [2.24, 2.45) is 0 Å². The molecule has 2 aliphatic rings. The molecule has 0 radical (unpaired) electrons. The van der Waals surface area contributed by atoms with Crippen LogP contribution in [0.3, 0.4) is 0 Å². The number of rotatable bonds is 5. The second kappa shape index (κ2) is 9.24. The molecule has 1 saturated heterocycles. The van der Waals surface area contributed by atoms with Gasteiger partial charge in [-0.1, -0.05) is 18.2 Å². The lowest BCUT2D eigenvalue weighted by atomic mass is 9.65. The number of methoxy groups -OCH3 is 2. The van der Waals surface area contributed by atoms with Gasteiger partial charge in [-0.25, -0.2) is 4.79 Å². The van der Waals surface area contributed by atoms with Crippen LogP contribution in [0.4, 0.5) is 10.5 Å². The zero-order valence-electron chi connectivity index (χ0n) is 18.3. The topological polar surface area (TPSA) is 62.8 Å². The van der Waals surface area contributed by atoms with Crippen molar-refractivity contribution in [3.8, 4) is 11.5 Å². The van der Waals surface area contributed by atoms with E-state index in [0.717, 1.165) is 53.0 Å². The smallest absolute Gasteiger partial charge is 0.319 e. The Bertz CT molecular complexity index is 953. The molecule has 0 aromatic heterocycles. The minimum Gasteiger partial charge on any atom is -0.493 e. The Kier molecular flexibility index (Phi) is 6.62. The van der Waals surface area contributed by atoms with E-state index in [9.17, 15) is 4.79 Å². The molecule has 2 N–H and O–H groups in total. The van der Waals surface area contributed by atoms with Crippen molar-refractivity contribution in [3.63, 3.8) is 0 Å². The van der Waals surface area contributed by atoms with Gasteiger partial charge in [-0.05, 0) is 91.7 Å². The molecular formula is C24H30IN3O3. The number of para-hydroxylation sites is 1. The van der Waals surface area contributed by atoms with Gasteiger partial charge in [0, 0.05) is 21.1 Å². The molecule has 2 aromatic rings. The zero-order valence-corrected chi connectivity index (χ0v) is 20.4. The molecule has 3 atom stereocenters. The molecule has 1 heterocycles. The summed E-state index contributed by atoms with van der Waals surface area (Å²) in [7, 11) is 5.55. The molecule has 6 nitrogen and oxygen atoms in total. The summed E-state index contributed by atoms with van der Waals surface area (Å²) in [6, 6.07) is 14.6. The van der Waals surface area contributed by atoms with Gasteiger partial charge in [0.1, 0.15) is 0 Å². The van der Waals surface area contributed by atoms with Crippen LogP contribution in [-0.2, 0) is 5.41 Å². The van der Waals surface area contributed by atoms with Gasteiger partial charge in [-0.3, -0.25) is 0 Å². The molecule has 4 rings (SSSR count). The van der Waals surface area contributed by atoms with Crippen LogP contribution >= 0.6 is 22.6 Å². The summed E-state index contributed by atoms with van der Waals surface area (Å²) in [4.78, 5) is 15.1. The maximum atomic E-state index is 12.6. The van der Waals surface area contributed by atoms with Crippen LogP contribution < -0.4 is 20.1 Å². The molecule has 7 heteroatoms. The van der Waals surface area contributed by atoms with Crippen LogP contribution in [0.5, 0.6) is 11.5 Å². The molecule has 2 aromatic carbocycles. The van der Waals surface area contributed by atoms with Gasteiger partial charge >= 0.3 is 6.03 Å². The number of ether oxygens (including phenoxy) is 2.